The number of nitrogens with zero attached hydrogens (tertiary/aromatic N) is 2. The molecule has 7 heteroatoms. The predicted molar refractivity (Wildman–Crippen MR) is 101 cm³/mol. The van der Waals surface area contributed by atoms with Crippen LogP contribution in [0.3, 0.4) is 0 Å². The van der Waals surface area contributed by atoms with Gasteiger partial charge in [0.2, 0.25) is 0 Å². The minimum atomic E-state index is -1.05. The number of aromatic nitrogens is 1. The van der Waals surface area contributed by atoms with E-state index in [4.69, 9.17) is 9.47 Å². The summed E-state index contributed by atoms with van der Waals surface area (Å²) in [7, 11) is 1.46. The third-order valence-corrected chi connectivity index (χ3v) is 5.00. The second kappa shape index (κ2) is 7.98. The summed E-state index contributed by atoms with van der Waals surface area (Å²) in [4.78, 5) is 29.0. The summed E-state index contributed by atoms with van der Waals surface area (Å²) in [5.41, 5.74) is 0.962. The smallest absolute Gasteiger partial charge is 0.342 e. The fourth-order valence-electron chi connectivity index (χ4n) is 2.62. The number of thiazole rings is 1. The molecule has 0 radical (unpaired) electrons. The van der Waals surface area contributed by atoms with E-state index in [0.717, 1.165) is 16.5 Å². The molecule has 0 fully saturated rings. The number of Topliss-reactive ketones (excluding diaryl/α,β-unsaturated/α-hetero) is 1. The Balaban J connectivity index is 1.76. The van der Waals surface area contributed by atoms with Gasteiger partial charge in [-0.15, -0.1) is 11.3 Å². The largest absolute Gasteiger partial charge is 0.496 e. The van der Waals surface area contributed by atoms with Gasteiger partial charge in [0.1, 0.15) is 16.3 Å². The minimum absolute atomic E-state index is 0.225. The normalized spacial score (nSPS) is 11.6. The lowest BCUT2D eigenvalue weighted by Gasteiger charge is -2.11. The van der Waals surface area contributed by atoms with Crippen molar-refractivity contribution in [2.45, 2.75) is 12.8 Å². The molecule has 0 spiro atoms. The second-order valence-electron chi connectivity index (χ2n) is 5.83. The first-order chi connectivity index (χ1) is 13.0. The third-order valence-electron chi connectivity index (χ3n) is 3.97. The van der Waals surface area contributed by atoms with Gasteiger partial charge in [-0.1, -0.05) is 24.3 Å². The lowest BCUT2D eigenvalue weighted by Crippen LogP contribution is -2.20. The van der Waals surface area contributed by atoms with Gasteiger partial charge < -0.3 is 9.47 Å². The molecule has 1 aromatic heterocycles. The van der Waals surface area contributed by atoms with Crippen molar-refractivity contribution in [3.63, 3.8) is 0 Å². The number of ether oxygens (including phenoxy) is 2. The molecular weight excluding hydrogens is 364 g/mol. The number of carbonyl (C=O) groups is 2. The zero-order valence-corrected chi connectivity index (χ0v) is 15.6. The number of hydrogen-bond acceptors (Lipinski definition) is 7. The lowest BCUT2D eigenvalue weighted by atomic mass is 10.1. The highest BCUT2D eigenvalue weighted by Crippen LogP contribution is 2.27. The summed E-state index contributed by atoms with van der Waals surface area (Å²) in [6, 6.07) is 12.9. The molecule has 3 rings (SSSR count). The third kappa shape index (κ3) is 3.96. The Morgan fingerprint density at radius 2 is 1.96 bits per heavy atom. The van der Waals surface area contributed by atoms with E-state index in [9.17, 15) is 14.9 Å². The Bertz CT molecular complexity index is 1050. The van der Waals surface area contributed by atoms with Crippen LogP contribution in [0.5, 0.6) is 5.75 Å². The number of methoxy groups -OCH3 is 1. The molecular formula is C20H16N2O4S. The summed E-state index contributed by atoms with van der Waals surface area (Å²) >= 11 is 1.23. The Hall–Kier alpha value is -3.24. The van der Waals surface area contributed by atoms with E-state index < -0.39 is 24.3 Å². The van der Waals surface area contributed by atoms with Gasteiger partial charge in [0, 0.05) is 11.1 Å². The zero-order valence-electron chi connectivity index (χ0n) is 14.8. The van der Waals surface area contributed by atoms with Crippen LogP contribution in [0.4, 0.5) is 0 Å². The standard InChI is InChI=1S/C20H16N2O4S/c1-12-11-27-19(22-12)16(9-21)17(23)10-26-20(24)15-7-13-5-3-4-6-14(13)8-18(15)25-2/h3-8,11,16H,10H2,1-2H3. The van der Waals surface area contributed by atoms with Crippen LogP contribution in [0.15, 0.2) is 41.8 Å². The maximum absolute atomic E-state index is 12.5. The van der Waals surface area contributed by atoms with Crippen LogP contribution < -0.4 is 4.74 Å². The van der Waals surface area contributed by atoms with Gasteiger partial charge in [-0.05, 0) is 29.8 Å². The highest BCUT2D eigenvalue weighted by Gasteiger charge is 2.25. The van der Waals surface area contributed by atoms with Crippen LogP contribution in [0, 0.1) is 18.3 Å². The van der Waals surface area contributed by atoms with Crippen LogP contribution in [0.1, 0.15) is 27.0 Å². The van der Waals surface area contributed by atoms with Crippen molar-refractivity contribution in [3.8, 4) is 11.8 Å². The minimum Gasteiger partial charge on any atom is -0.496 e. The van der Waals surface area contributed by atoms with Crippen LogP contribution in [-0.2, 0) is 9.53 Å². The Kier molecular flexibility index (Phi) is 5.48. The molecule has 0 bridgehead atoms. The summed E-state index contributed by atoms with van der Waals surface area (Å²) in [6.45, 7) is 1.27. The number of benzene rings is 2. The zero-order chi connectivity index (χ0) is 19.4. The first-order valence-corrected chi connectivity index (χ1v) is 8.99. The van der Waals surface area contributed by atoms with Crippen LogP contribution in [0.2, 0.25) is 0 Å². The molecule has 0 amide bonds. The van der Waals surface area contributed by atoms with E-state index in [2.05, 4.69) is 4.98 Å². The number of nitriles is 1. The van der Waals surface area contributed by atoms with Crippen molar-refractivity contribution in [2.75, 3.05) is 13.7 Å². The van der Waals surface area contributed by atoms with E-state index in [1.807, 2.05) is 30.3 Å². The Morgan fingerprint density at radius 1 is 1.26 bits per heavy atom. The molecule has 3 aromatic rings. The first kappa shape index (κ1) is 18.5. The number of fused-ring (bicyclic) bond motifs is 1. The van der Waals surface area contributed by atoms with E-state index in [1.165, 1.54) is 18.4 Å². The van der Waals surface area contributed by atoms with Gasteiger partial charge in [-0.2, -0.15) is 5.26 Å². The molecule has 1 heterocycles. The molecule has 27 heavy (non-hydrogen) atoms. The molecule has 0 aliphatic heterocycles. The van der Waals surface area contributed by atoms with E-state index >= 15 is 0 Å². The van der Waals surface area contributed by atoms with Gasteiger partial charge in [-0.3, -0.25) is 4.79 Å². The van der Waals surface area contributed by atoms with Gasteiger partial charge in [0.15, 0.2) is 18.3 Å². The van der Waals surface area contributed by atoms with Crippen LogP contribution >= 0.6 is 11.3 Å². The van der Waals surface area contributed by atoms with Gasteiger partial charge in [0.25, 0.3) is 0 Å². The average Bonchev–Trinajstić information content (AvgIpc) is 3.11. The maximum atomic E-state index is 12.5. The van der Waals surface area contributed by atoms with Crippen molar-refractivity contribution in [2.24, 2.45) is 0 Å². The Morgan fingerprint density at radius 3 is 2.56 bits per heavy atom. The highest BCUT2D eigenvalue weighted by atomic mass is 32.1. The summed E-state index contributed by atoms with van der Waals surface area (Å²) in [5.74, 6) is -1.88. The number of rotatable bonds is 6. The summed E-state index contributed by atoms with van der Waals surface area (Å²) in [5, 5.41) is 13.2. The molecule has 1 unspecified atom stereocenters. The molecule has 0 aliphatic carbocycles. The second-order valence-corrected chi connectivity index (χ2v) is 6.72. The highest BCUT2D eigenvalue weighted by molar-refractivity contribution is 7.09. The maximum Gasteiger partial charge on any atom is 0.342 e. The molecule has 0 aliphatic rings. The van der Waals surface area contributed by atoms with Gasteiger partial charge in [-0.25, -0.2) is 9.78 Å². The van der Waals surface area contributed by atoms with Crippen molar-refractivity contribution in [3.05, 3.63) is 58.0 Å². The van der Waals surface area contributed by atoms with E-state index in [1.54, 1.807) is 24.4 Å². The molecule has 0 saturated heterocycles. The quantitative estimate of drug-likeness (QED) is 0.607. The van der Waals surface area contributed by atoms with Crippen LogP contribution in [0.25, 0.3) is 10.8 Å². The molecule has 1 atom stereocenters. The lowest BCUT2D eigenvalue weighted by molar-refractivity contribution is -0.122. The number of ketones is 1. The van der Waals surface area contributed by atoms with Crippen molar-refractivity contribution < 1.29 is 19.1 Å². The van der Waals surface area contributed by atoms with Crippen molar-refractivity contribution in [1.29, 1.82) is 5.26 Å². The monoisotopic (exact) mass is 380 g/mol. The SMILES string of the molecule is COc1cc2ccccc2cc1C(=O)OCC(=O)C(C#N)c1nc(C)cs1. The number of esters is 1. The number of aryl methyl sites for hydroxylation is 1. The van der Waals surface area contributed by atoms with Crippen molar-refractivity contribution >= 4 is 33.9 Å². The van der Waals surface area contributed by atoms with Crippen molar-refractivity contribution in [1.82, 2.24) is 4.98 Å². The summed E-state index contributed by atoms with van der Waals surface area (Å²) < 4.78 is 10.4. The molecule has 136 valence electrons. The summed E-state index contributed by atoms with van der Waals surface area (Å²) in [6.07, 6.45) is 0. The van der Waals surface area contributed by atoms with E-state index in [0.29, 0.717) is 10.8 Å². The molecule has 0 saturated carbocycles. The molecule has 6 nitrogen and oxygen atoms in total. The number of carbonyl (C=O) groups excluding carboxylic acids is 2. The first-order valence-electron chi connectivity index (χ1n) is 8.11. The fraction of sp³-hybridized carbons (Fsp3) is 0.200. The topological polar surface area (TPSA) is 89.3 Å². The van der Waals surface area contributed by atoms with Gasteiger partial charge in [0.05, 0.1) is 13.2 Å². The molecule has 2 aromatic carbocycles. The number of hydrogen-bond donors (Lipinski definition) is 0. The molecule has 0 N–H and O–H groups in total. The average molecular weight is 380 g/mol. The fourth-order valence-corrected chi connectivity index (χ4v) is 3.48. The van der Waals surface area contributed by atoms with Crippen LogP contribution in [-0.4, -0.2) is 30.5 Å². The van der Waals surface area contributed by atoms with Gasteiger partial charge >= 0.3 is 5.97 Å². The Labute approximate surface area is 160 Å². The predicted octanol–water partition coefficient (Wildman–Crippen LogP) is 3.65. The van der Waals surface area contributed by atoms with E-state index in [-0.39, 0.29) is 5.56 Å².